The van der Waals surface area contributed by atoms with Gasteiger partial charge in [-0.15, -0.1) is 0 Å². The maximum atomic E-state index is 14.4. The lowest BCUT2D eigenvalue weighted by molar-refractivity contribution is -0.113. The molecule has 1 saturated carbocycles. The maximum absolute atomic E-state index is 14.4. The van der Waals surface area contributed by atoms with Gasteiger partial charge < -0.3 is 9.84 Å². The smallest absolute Gasteiger partial charge is 0.185 e. The Morgan fingerprint density at radius 1 is 1.09 bits per heavy atom. The van der Waals surface area contributed by atoms with Crippen molar-refractivity contribution in [2.24, 2.45) is 0 Å². The van der Waals surface area contributed by atoms with E-state index in [9.17, 15) is 23.1 Å². The highest BCUT2D eigenvalue weighted by molar-refractivity contribution is 5.96. The van der Waals surface area contributed by atoms with E-state index in [0.717, 1.165) is 36.6 Å². The number of Topliss-reactive ketones (excluding diaryl/α,β-unsaturated/α-hetero) is 1. The first kappa shape index (κ1) is 21.7. The van der Waals surface area contributed by atoms with Crippen molar-refractivity contribution >= 4 is 5.78 Å². The topological polar surface area (TPSA) is 72.3 Å². The van der Waals surface area contributed by atoms with E-state index in [4.69, 9.17) is 4.74 Å². The fraction of sp³-hybridized carbons (Fsp3) is 0.320. The zero-order chi connectivity index (χ0) is 23.2. The lowest BCUT2D eigenvalue weighted by Gasteiger charge is -2.34. The molecule has 0 unspecified atom stereocenters. The number of rotatable bonds is 5. The Kier molecular flexibility index (Phi) is 5.50. The van der Waals surface area contributed by atoms with Crippen LogP contribution in [0.1, 0.15) is 53.4 Å². The van der Waals surface area contributed by atoms with Crippen LogP contribution in [0.3, 0.4) is 0 Å². The number of aliphatic hydroxyl groups is 1. The maximum Gasteiger partial charge on any atom is 0.185 e. The molecule has 3 aromatic rings. The van der Waals surface area contributed by atoms with E-state index in [1.165, 1.54) is 12.1 Å². The number of ether oxygens (including phenoxy) is 1. The van der Waals surface area contributed by atoms with Crippen LogP contribution in [0.4, 0.5) is 13.2 Å². The SMILES string of the molecule is O=C(Cc1cnccc1[C@@H]1C[C@H](O)CC2(CC2)O1)c1ccc(F)c(-c2c(F)cccc2F)n1. The quantitative estimate of drug-likeness (QED) is 0.565. The standard InChI is InChI=1S/C25H21F3N2O3/c26-17-2-1-3-18(27)23(17)24-19(28)4-5-20(30-24)21(32)10-14-13-29-9-6-16(14)22-11-15(31)12-25(33-22)7-8-25/h1-6,9,13,15,22,31H,7-8,10-12H2/t15-,22-/m0/s1. The van der Waals surface area contributed by atoms with Gasteiger partial charge in [0, 0.05) is 31.7 Å². The van der Waals surface area contributed by atoms with Gasteiger partial charge in [-0.1, -0.05) is 6.07 Å². The summed E-state index contributed by atoms with van der Waals surface area (Å²) in [6.07, 6.45) is 5.01. The first-order chi connectivity index (χ1) is 15.8. The number of benzene rings is 1. The number of pyridine rings is 2. The van der Waals surface area contributed by atoms with Crippen molar-refractivity contribution < 1.29 is 27.8 Å². The van der Waals surface area contributed by atoms with Crippen molar-refractivity contribution in [1.29, 1.82) is 0 Å². The molecule has 0 amide bonds. The summed E-state index contributed by atoms with van der Waals surface area (Å²) in [5.74, 6) is -3.33. The number of aromatic nitrogens is 2. The lowest BCUT2D eigenvalue weighted by atomic mass is 9.91. The van der Waals surface area contributed by atoms with Gasteiger partial charge in [0.25, 0.3) is 0 Å². The third-order valence-electron chi connectivity index (χ3n) is 6.26. The third kappa shape index (κ3) is 4.28. The zero-order valence-corrected chi connectivity index (χ0v) is 17.6. The Balaban J connectivity index is 1.43. The van der Waals surface area contributed by atoms with Crippen molar-refractivity contribution in [3.8, 4) is 11.3 Å². The summed E-state index contributed by atoms with van der Waals surface area (Å²) < 4.78 is 49.0. The molecule has 1 aromatic carbocycles. The molecule has 2 aromatic heterocycles. The minimum Gasteiger partial charge on any atom is -0.393 e. The summed E-state index contributed by atoms with van der Waals surface area (Å²) >= 11 is 0. The molecule has 2 aliphatic rings. The van der Waals surface area contributed by atoms with E-state index in [2.05, 4.69) is 9.97 Å². The Morgan fingerprint density at radius 2 is 1.85 bits per heavy atom. The van der Waals surface area contributed by atoms with Gasteiger partial charge in [-0.2, -0.15) is 0 Å². The van der Waals surface area contributed by atoms with Gasteiger partial charge in [0.15, 0.2) is 5.78 Å². The molecule has 1 saturated heterocycles. The van der Waals surface area contributed by atoms with Crippen LogP contribution < -0.4 is 0 Å². The molecule has 33 heavy (non-hydrogen) atoms. The molecule has 5 rings (SSSR count). The number of hydrogen-bond donors (Lipinski definition) is 1. The van der Waals surface area contributed by atoms with Crippen molar-refractivity contribution in [2.45, 2.75) is 49.9 Å². The van der Waals surface area contributed by atoms with Crippen LogP contribution in [0.15, 0.2) is 48.8 Å². The summed E-state index contributed by atoms with van der Waals surface area (Å²) in [5, 5.41) is 10.3. The van der Waals surface area contributed by atoms with Gasteiger partial charge in [-0.25, -0.2) is 18.2 Å². The normalized spacial score (nSPS) is 21.2. The first-order valence-electron chi connectivity index (χ1n) is 10.8. The molecule has 170 valence electrons. The van der Waals surface area contributed by atoms with E-state index in [1.807, 2.05) is 0 Å². The lowest BCUT2D eigenvalue weighted by Crippen LogP contribution is -2.33. The Hall–Kier alpha value is -3.10. The Bertz CT molecular complexity index is 1210. The molecule has 8 heteroatoms. The molecule has 1 spiro atoms. The number of aliphatic hydroxyl groups excluding tert-OH is 1. The van der Waals surface area contributed by atoms with Crippen molar-refractivity contribution in [2.75, 3.05) is 0 Å². The van der Waals surface area contributed by atoms with Gasteiger partial charge >= 0.3 is 0 Å². The first-order valence-corrected chi connectivity index (χ1v) is 10.8. The van der Waals surface area contributed by atoms with E-state index < -0.39 is 40.6 Å². The minimum atomic E-state index is -0.970. The average molecular weight is 454 g/mol. The molecule has 0 bridgehead atoms. The van der Waals surface area contributed by atoms with Gasteiger partial charge in [-0.05, 0) is 54.3 Å². The molecular weight excluding hydrogens is 433 g/mol. The summed E-state index contributed by atoms with van der Waals surface area (Å²) in [6.45, 7) is 0. The number of halogens is 3. The highest BCUT2D eigenvalue weighted by Crippen LogP contribution is 2.51. The summed E-state index contributed by atoms with van der Waals surface area (Å²) in [5.41, 5.74) is -0.229. The van der Waals surface area contributed by atoms with Crippen LogP contribution in [0.5, 0.6) is 0 Å². The largest absolute Gasteiger partial charge is 0.393 e. The number of hydrogen-bond acceptors (Lipinski definition) is 5. The van der Waals surface area contributed by atoms with Crippen molar-refractivity contribution in [3.63, 3.8) is 0 Å². The van der Waals surface area contributed by atoms with Gasteiger partial charge in [-0.3, -0.25) is 9.78 Å². The average Bonchev–Trinajstić information content (AvgIpc) is 3.52. The summed E-state index contributed by atoms with van der Waals surface area (Å²) in [7, 11) is 0. The van der Waals surface area contributed by atoms with Crippen LogP contribution in [0, 0.1) is 17.5 Å². The van der Waals surface area contributed by atoms with Gasteiger partial charge in [0.05, 0.1) is 23.4 Å². The molecule has 1 aliphatic heterocycles. The molecular formula is C25H21F3N2O3. The van der Waals surface area contributed by atoms with Crippen LogP contribution in [0.25, 0.3) is 11.3 Å². The van der Waals surface area contributed by atoms with E-state index in [1.54, 1.807) is 18.5 Å². The zero-order valence-electron chi connectivity index (χ0n) is 17.6. The fourth-order valence-electron chi connectivity index (χ4n) is 4.47. The van der Waals surface area contributed by atoms with Crippen LogP contribution in [0.2, 0.25) is 0 Å². The molecule has 5 nitrogen and oxygen atoms in total. The van der Waals surface area contributed by atoms with E-state index in [-0.39, 0.29) is 23.8 Å². The van der Waals surface area contributed by atoms with Crippen LogP contribution in [-0.2, 0) is 11.2 Å². The summed E-state index contributed by atoms with van der Waals surface area (Å²) in [6, 6.07) is 7.10. The monoisotopic (exact) mass is 454 g/mol. The minimum absolute atomic E-state index is 0.107. The second-order valence-electron chi connectivity index (χ2n) is 8.68. The van der Waals surface area contributed by atoms with Crippen molar-refractivity contribution in [3.05, 3.63) is 83.1 Å². The molecule has 3 heterocycles. The second-order valence-corrected chi connectivity index (χ2v) is 8.68. The van der Waals surface area contributed by atoms with Crippen LogP contribution in [-0.4, -0.2) is 32.6 Å². The molecule has 0 radical (unpaired) electrons. The number of carbonyl (C=O) groups is 1. The van der Waals surface area contributed by atoms with E-state index >= 15 is 0 Å². The molecule has 1 N–H and O–H groups in total. The Labute approximate surface area is 188 Å². The third-order valence-corrected chi connectivity index (χ3v) is 6.26. The number of ketones is 1. The highest BCUT2D eigenvalue weighted by Gasteiger charge is 2.50. The highest BCUT2D eigenvalue weighted by atomic mass is 19.1. The summed E-state index contributed by atoms with van der Waals surface area (Å²) in [4.78, 5) is 21.1. The predicted molar refractivity (Wildman–Crippen MR) is 113 cm³/mol. The fourth-order valence-corrected chi connectivity index (χ4v) is 4.47. The predicted octanol–water partition coefficient (Wildman–Crippen LogP) is 4.73. The number of carbonyl (C=O) groups excluding carboxylic acids is 1. The second kappa shape index (κ2) is 8.35. The van der Waals surface area contributed by atoms with Crippen molar-refractivity contribution in [1.82, 2.24) is 9.97 Å². The molecule has 2 fully saturated rings. The van der Waals surface area contributed by atoms with E-state index in [0.29, 0.717) is 18.4 Å². The van der Waals surface area contributed by atoms with Gasteiger partial charge in [0.1, 0.15) is 28.8 Å². The molecule has 2 atom stereocenters. The molecule has 1 aliphatic carbocycles. The van der Waals surface area contributed by atoms with Crippen LogP contribution >= 0.6 is 0 Å². The Morgan fingerprint density at radius 3 is 2.58 bits per heavy atom. The number of nitrogens with zero attached hydrogens (tertiary/aromatic N) is 2. The van der Waals surface area contributed by atoms with Gasteiger partial charge in [0.2, 0.25) is 0 Å².